The molecule has 2 amide bonds. The van der Waals surface area contributed by atoms with Crippen LogP contribution in [0.3, 0.4) is 0 Å². The fraction of sp³-hybridized carbons (Fsp3) is 0.125. The molecule has 0 radical (unpaired) electrons. The van der Waals surface area contributed by atoms with Crippen LogP contribution in [0.5, 0.6) is 5.75 Å². The summed E-state index contributed by atoms with van der Waals surface area (Å²) in [5.41, 5.74) is 2.17. The second kappa shape index (κ2) is 13.8. The number of anilines is 1. The highest BCUT2D eigenvalue weighted by molar-refractivity contribution is 7.99. The molecule has 8 nitrogen and oxygen atoms in total. The number of ether oxygens (including phenoxy) is 1. The number of amides is 2. The van der Waals surface area contributed by atoms with Gasteiger partial charge in [-0.3, -0.25) is 14.5 Å². The van der Waals surface area contributed by atoms with Crippen molar-refractivity contribution in [3.05, 3.63) is 126 Å². The Labute approximate surface area is 250 Å². The number of carbonyl (C=O) groups is 2. The number of hydrogen-bond donors (Lipinski definition) is 1. The van der Waals surface area contributed by atoms with Crippen LogP contribution in [0, 0.1) is 11.6 Å². The lowest BCUT2D eigenvalue weighted by molar-refractivity contribution is -0.126. The number of halogens is 2. The standard InChI is InChI=1S/C32H26F2N4O4S/c1-41-27-17-9-23(10-18-27)31-36-37-32(42-31)43-20-28(39)38(26-15-13-25(34)14-16-26)29(22-7-11-24(33)12-8-22)30(40)35-19-21-5-3-2-4-6-21/h2-18,29H,19-20H2,1H3,(H,35,40). The van der Waals surface area contributed by atoms with Gasteiger partial charge in [0.2, 0.25) is 17.7 Å². The van der Waals surface area contributed by atoms with Crippen molar-refractivity contribution in [2.24, 2.45) is 0 Å². The van der Waals surface area contributed by atoms with Gasteiger partial charge in [0.15, 0.2) is 0 Å². The Morgan fingerprint density at radius 2 is 1.53 bits per heavy atom. The Bertz CT molecular complexity index is 1660. The third-order valence-corrected chi connectivity index (χ3v) is 7.24. The fourth-order valence-electron chi connectivity index (χ4n) is 4.29. The molecule has 1 heterocycles. The molecule has 0 aliphatic heterocycles. The summed E-state index contributed by atoms with van der Waals surface area (Å²) in [6.07, 6.45) is 0. The van der Waals surface area contributed by atoms with Crippen molar-refractivity contribution in [3.63, 3.8) is 0 Å². The van der Waals surface area contributed by atoms with Gasteiger partial charge in [-0.25, -0.2) is 8.78 Å². The van der Waals surface area contributed by atoms with Crippen LogP contribution in [-0.2, 0) is 16.1 Å². The van der Waals surface area contributed by atoms with Crippen molar-refractivity contribution in [1.29, 1.82) is 0 Å². The number of aromatic nitrogens is 2. The Morgan fingerprint density at radius 3 is 2.19 bits per heavy atom. The lowest BCUT2D eigenvalue weighted by Crippen LogP contribution is -2.44. The first kappa shape index (κ1) is 29.5. The fourth-order valence-corrected chi connectivity index (χ4v) is 4.92. The largest absolute Gasteiger partial charge is 0.497 e. The van der Waals surface area contributed by atoms with E-state index in [1.165, 1.54) is 53.4 Å². The summed E-state index contributed by atoms with van der Waals surface area (Å²) in [4.78, 5) is 28.9. The van der Waals surface area contributed by atoms with E-state index < -0.39 is 29.5 Å². The summed E-state index contributed by atoms with van der Waals surface area (Å²) >= 11 is 0.993. The van der Waals surface area contributed by atoms with Crippen molar-refractivity contribution in [1.82, 2.24) is 15.5 Å². The molecule has 4 aromatic carbocycles. The molecular formula is C32H26F2N4O4S. The van der Waals surface area contributed by atoms with Gasteiger partial charge in [-0.15, -0.1) is 10.2 Å². The van der Waals surface area contributed by atoms with Gasteiger partial charge >= 0.3 is 0 Å². The highest BCUT2D eigenvalue weighted by Crippen LogP contribution is 2.31. The molecule has 1 aromatic heterocycles. The Kier molecular flexibility index (Phi) is 9.42. The zero-order valence-electron chi connectivity index (χ0n) is 22.9. The molecule has 5 aromatic rings. The number of nitrogens with one attached hydrogen (secondary N) is 1. The van der Waals surface area contributed by atoms with Crippen LogP contribution in [0.25, 0.3) is 11.5 Å². The SMILES string of the molecule is COc1ccc(-c2nnc(SCC(=O)N(c3ccc(F)cc3)C(C(=O)NCc3ccccc3)c3ccc(F)cc3)o2)cc1. The molecule has 0 saturated heterocycles. The van der Waals surface area contributed by atoms with Crippen LogP contribution < -0.4 is 15.0 Å². The minimum absolute atomic E-state index is 0.144. The van der Waals surface area contributed by atoms with Crippen molar-refractivity contribution in [2.75, 3.05) is 17.8 Å². The quantitative estimate of drug-likeness (QED) is 0.180. The number of carbonyl (C=O) groups excluding carboxylic acids is 2. The monoisotopic (exact) mass is 600 g/mol. The van der Waals surface area contributed by atoms with Gasteiger partial charge in [-0.05, 0) is 71.8 Å². The maximum absolute atomic E-state index is 13.9. The molecule has 0 bridgehead atoms. The molecule has 0 aliphatic carbocycles. The molecule has 0 spiro atoms. The van der Waals surface area contributed by atoms with Crippen molar-refractivity contribution in [3.8, 4) is 17.2 Å². The summed E-state index contributed by atoms with van der Waals surface area (Å²) in [5.74, 6) is -1.25. The highest BCUT2D eigenvalue weighted by Gasteiger charge is 2.33. The molecule has 11 heteroatoms. The van der Waals surface area contributed by atoms with E-state index in [2.05, 4.69) is 15.5 Å². The summed E-state index contributed by atoms with van der Waals surface area (Å²) < 4.78 is 38.7. The number of thioether (sulfide) groups is 1. The molecule has 5 rings (SSSR count). The van der Waals surface area contributed by atoms with Crippen LogP contribution in [-0.4, -0.2) is 34.9 Å². The van der Waals surface area contributed by atoms with Crippen LogP contribution in [0.2, 0.25) is 0 Å². The lowest BCUT2D eigenvalue weighted by Gasteiger charge is -2.31. The smallest absolute Gasteiger partial charge is 0.277 e. The summed E-state index contributed by atoms with van der Waals surface area (Å²) in [6.45, 7) is 0.202. The summed E-state index contributed by atoms with van der Waals surface area (Å²) in [6, 6.07) is 25.7. The predicted molar refractivity (Wildman–Crippen MR) is 158 cm³/mol. The second-order valence-corrected chi connectivity index (χ2v) is 10.2. The first-order valence-electron chi connectivity index (χ1n) is 13.2. The zero-order chi connectivity index (χ0) is 30.2. The topological polar surface area (TPSA) is 97.6 Å². The predicted octanol–water partition coefficient (Wildman–Crippen LogP) is 6.21. The molecule has 0 fully saturated rings. The van der Waals surface area contributed by atoms with Crippen LogP contribution in [0.1, 0.15) is 17.2 Å². The van der Waals surface area contributed by atoms with E-state index in [1.54, 1.807) is 31.4 Å². The lowest BCUT2D eigenvalue weighted by atomic mass is 10.0. The third kappa shape index (κ3) is 7.44. The number of nitrogens with zero attached hydrogens (tertiary/aromatic N) is 3. The van der Waals surface area contributed by atoms with Gasteiger partial charge in [0.1, 0.15) is 23.4 Å². The van der Waals surface area contributed by atoms with Gasteiger partial charge in [0.05, 0.1) is 12.9 Å². The van der Waals surface area contributed by atoms with Gasteiger partial charge in [0.25, 0.3) is 5.22 Å². The minimum Gasteiger partial charge on any atom is -0.497 e. The molecule has 1 atom stereocenters. The van der Waals surface area contributed by atoms with Gasteiger partial charge in [0, 0.05) is 17.8 Å². The van der Waals surface area contributed by atoms with E-state index in [4.69, 9.17) is 9.15 Å². The number of hydrogen-bond acceptors (Lipinski definition) is 7. The van der Waals surface area contributed by atoms with E-state index in [0.717, 1.165) is 17.3 Å². The van der Waals surface area contributed by atoms with E-state index in [9.17, 15) is 18.4 Å². The normalized spacial score (nSPS) is 11.5. The van der Waals surface area contributed by atoms with Crippen molar-refractivity contribution < 1.29 is 27.5 Å². The van der Waals surface area contributed by atoms with Gasteiger partial charge in [-0.2, -0.15) is 0 Å². The molecule has 1 N–H and O–H groups in total. The van der Waals surface area contributed by atoms with Crippen LogP contribution >= 0.6 is 11.8 Å². The zero-order valence-corrected chi connectivity index (χ0v) is 23.8. The Morgan fingerprint density at radius 1 is 0.884 bits per heavy atom. The Balaban J connectivity index is 1.41. The first-order valence-corrected chi connectivity index (χ1v) is 14.2. The van der Waals surface area contributed by atoms with E-state index >= 15 is 0 Å². The summed E-state index contributed by atoms with van der Waals surface area (Å²) in [5, 5.41) is 11.1. The maximum atomic E-state index is 13.9. The molecule has 0 saturated carbocycles. The third-order valence-electron chi connectivity index (χ3n) is 6.44. The molecular weight excluding hydrogens is 574 g/mol. The molecule has 218 valence electrons. The van der Waals surface area contributed by atoms with E-state index in [1.807, 2.05) is 30.3 Å². The van der Waals surface area contributed by atoms with Crippen molar-refractivity contribution in [2.45, 2.75) is 17.8 Å². The number of benzene rings is 4. The van der Waals surface area contributed by atoms with E-state index in [0.29, 0.717) is 16.9 Å². The van der Waals surface area contributed by atoms with Crippen LogP contribution in [0.4, 0.5) is 14.5 Å². The maximum Gasteiger partial charge on any atom is 0.277 e. The molecule has 1 unspecified atom stereocenters. The van der Waals surface area contributed by atoms with Crippen LogP contribution in [0.15, 0.2) is 113 Å². The average molecular weight is 601 g/mol. The molecule has 0 aliphatic rings. The highest BCUT2D eigenvalue weighted by atomic mass is 32.2. The van der Waals surface area contributed by atoms with Gasteiger partial charge in [-0.1, -0.05) is 54.2 Å². The Hall–Kier alpha value is -5.03. The number of rotatable bonds is 11. The summed E-state index contributed by atoms with van der Waals surface area (Å²) in [7, 11) is 1.57. The first-order chi connectivity index (χ1) is 20.9. The van der Waals surface area contributed by atoms with Crippen molar-refractivity contribution >= 4 is 29.3 Å². The average Bonchev–Trinajstić information content (AvgIpc) is 3.52. The second-order valence-electron chi connectivity index (χ2n) is 9.29. The van der Waals surface area contributed by atoms with E-state index in [-0.39, 0.29) is 29.1 Å². The minimum atomic E-state index is -1.19. The molecule has 43 heavy (non-hydrogen) atoms. The van der Waals surface area contributed by atoms with Gasteiger partial charge < -0.3 is 14.5 Å². The number of methoxy groups -OCH3 is 1.